The van der Waals surface area contributed by atoms with Crippen LogP contribution in [-0.4, -0.2) is 46.4 Å². The molecule has 0 fully saturated rings. The standard InChI is InChI=1S/C25H27N5O4/c1-4-33-20-14-10-9-13-19(20)28-21(31)15-29-17(3)22(24(32)34-5-2)23(18-11-7-6-8-12-18)30-25(29)26-16-27-30/h6-14,16,23H,4-5,15H2,1-3H3,(H,28,31). The fourth-order valence-corrected chi connectivity index (χ4v) is 4.02. The number of hydrogen-bond acceptors (Lipinski definition) is 7. The number of allylic oxidation sites excluding steroid dienone is 1. The first-order valence-corrected chi connectivity index (χ1v) is 11.2. The molecule has 2 aromatic carbocycles. The summed E-state index contributed by atoms with van der Waals surface area (Å²) in [6, 6.07) is 16.3. The lowest BCUT2D eigenvalue weighted by Crippen LogP contribution is -2.40. The van der Waals surface area contributed by atoms with Gasteiger partial charge in [0.25, 0.3) is 0 Å². The fraction of sp³-hybridized carbons (Fsp3) is 0.280. The highest BCUT2D eigenvalue weighted by molar-refractivity contribution is 5.97. The van der Waals surface area contributed by atoms with Gasteiger partial charge in [-0.25, -0.2) is 9.48 Å². The Hall–Kier alpha value is -4.14. The van der Waals surface area contributed by atoms with Crippen LogP contribution in [-0.2, 0) is 14.3 Å². The second-order valence-electron chi connectivity index (χ2n) is 7.60. The van der Waals surface area contributed by atoms with Crippen LogP contribution >= 0.6 is 0 Å². The number of hydrogen-bond donors (Lipinski definition) is 1. The molecule has 0 radical (unpaired) electrons. The zero-order chi connectivity index (χ0) is 24.1. The SMILES string of the molecule is CCOC(=O)C1=C(C)N(CC(=O)Nc2ccccc2OCC)c2ncnn2C1c1ccccc1. The van der Waals surface area contributed by atoms with Crippen LogP contribution in [0.4, 0.5) is 11.6 Å². The number of amides is 1. The first-order chi connectivity index (χ1) is 16.5. The van der Waals surface area contributed by atoms with E-state index in [9.17, 15) is 9.59 Å². The van der Waals surface area contributed by atoms with Gasteiger partial charge in [0, 0.05) is 5.70 Å². The van der Waals surface area contributed by atoms with E-state index in [1.54, 1.807) is 35.6 Å². The molecule has 9 heteroatoms. The molecule has 1 aromatic heterocycles. The quantitative estimate of drug-likeness (QED) is 0.512. The monoisotopic (exact) mass is 461 g/mol. The van der Waals surface area contributed by atoms with Crippen molar-refractivity contribution in [3.8, 4) is 5.75 Å². The summed E-state index contributed by atoms with van der Waals surface area (Å²) in [5.41, 5.74) is 2.43. The van der Waals surface area contributed by atoms with Gasteiger partial charge < -0.3 is 19.7 Å². The van der Waals surface area contributed by atoms with Crippen LogP contribution in [0.25, 0.3) is 0 Å². The molecule has 4 rings (SSSR count). The van der Waals surface area contributed by atoms with Crippen LogP contribution in [0, 0.1) is 0 Å². The Morgan fingerprint density at radius 3 is 2.50 bits per heavy atom. The topological polar surface area (TPSA) is 98.6 Å². The Morgan fingerprint density at radius 2 is 1.76 bits per heavy atom. The minimum absolute atomic E-state index is 0.0740. The van der Waals surface area contributed by atoms with Crippen LogP contribution < -0.4 is 15.0 Å². The van der Waals surface area contributed by atoms with Gasteiger partial charge in [0.15, 0.2) is 0 Å². The van der Waals surface area contributed by atoms with Crippen LogP contribution in [0.3, 0.4) is 0 Å². The molecule has 3 aromatic rings. The van der Waals surface area contributed by atoms with E-state index in [4.69, 9.17) is 9.47 Å². The third-order valence-electron chi connectivity index (χ3n) is 5.48. The maximum Gasteiger partial charge on any atom is 0.338 e. The van der Waals surface area contributed by atoms with E-state index >= 15 is 0 Å². The first kappa shape index (κ1) is 23.0. The van der Waals surface area contributed by atoms with Gasteiger partial charge in [0.05, 0.1) is 24.5 Å². The summed E-state index contributed by atoms with van der Waals surface area (Å²) in [5, 5.41) is 7.29. The Labute approximate surface area is 198 Å². The molecule has 1 aliphatic heterocycles. The van der Waals surface area contributed by atoms with Crippen molar-refractivity contribution in [3.63, 3.8) is 0 Å². The Morgan fingerprint density at radius 1 is 1.03 bits per heavy atom. The summed E-state index contributed by atoms with van der Waals surface area (Å²) in [7, 11) is 0. The van der Waals surface area contributed by atoms with Crippen molar-refractivity contribution in [2.45, 2.75) is 26.8 Å². The molecule has 0 spiro atoms. The van der Waals surface area contributed by atoms with Crippen LogP contribution in [0.5, 0.6) is 5.75 Å². The van der Waals surface area contributed by atoms with Crippen LogP contribution in [0.1, 0.15) is 32.4 Å². The van der Waals surface area contributed by atoms with E-state index < -0.39 is 12.0 Å². The minimum Gasteiger partial charge on any atom is -0.492 e. The van der Waals surface area contributed by atoms with E-state index in [0.717, 1.165) is 5.56 Å². The van der Waals surface area contributed by atoms with Crippen molar-refractivity contribution in [2.75, 3.05) is 30.0 Å². The summed E-state index contributed by atoms with van der Waals surface area (Å²) in [6.45, 7) is 6.07. The largest absolute Gasteiger partial charge is 0.492 e. The number of carbonyl (C=O) groups excluding carboxylic acids is 2. The van der Waals surface area contributed by atoms with Gasteiger partial charge in [-0.05, 0) is 38.5 Å². The van der Waals surface area contributed by atoms with Crippen molar-refractivity contribution in [3.05, 3.63) is 77.8 Å². The Bertz CT molecular complexity index is 1200. The van der Waals surface area contributed by atoms with Gasteiger partial charge in [-0.3, -0.25) is 4.79 Å². The molecule has 1 unspecified atom stereocenters. The summed E-state index contributed by atoms with van der Waals surface area (Å²) in [4.78, 5) is 32.2. The molecule has 176 valence electrons. The van der Waals surface area contributed by atoms with Crippen LogP contribution in [0.2, 0.25) is 0 Å². The van der Waals surface area contributed by atoms with Gasteiger partial charge in [-0.2, -0.15) is 10.1 Å². The van der Waals surface area contributed by atoms with Crippen molar-refractivity contribution in [2.24, 2.45) is 0 Å². The van der Waals surface area contributed by atoms with E-state index in [-0.39, 0.29) is 19.1 Å². The van der Waals surface area contributed by atoms with Gasteiger partial charge in [0.2, 0.25) is 11.9 Å². The van der Waals surface area contributed by atoms with Gasteiger partial charge >= 0.3 is 5.97 Å². The van der Waals surface area contributed by atoms with Crippen LogP contribution in [0.15, 0.2) is 72.2 Å². The third kappa shape index (κ3) is 4.50. The lowest BCUT2D eigenvalue weighted by atomic mass is 9.95. The number of esters is 1. The Balaban J connectivity index is 1.70. The molecule has 0 saturated carbocycles. The predicted molar refractivity (Wildman–Crippen MR) is 128 cm³/mol. The average molecular weight is 462 g/mol. The van der Waals surface area contributed by atoms with E-state index in [1.807, 2.05) is 49.4 Å². The molecule has 2 heterocycles. The number of para-hydroxylation sites is 2. The molecule has 0 saturated heterocycles. The number of carbonyl (C=O) groups is 2. The summed E-state index contributed by atoms with van der Waals surface area (Å²) in [6.07, 6.45) is 1.42. The average Bonchev–Trinajstić information content (AvgIpc) is 3.32. The predicted octanol–water partition coefficient (Wildman–Crippen LogP) is 3.56. The highest BCUT2D eigenvalue weighted by Gasteiger charge is 2.38. The van der Waals surface area contributed by atoms with Gasteiger partial charge in [0.1, 0.15) is 24.7 Å². The maximum atomic E-state index is 13.1. The second kappa shape index (κ2) is 10.2. The van der Waals surface area contributed by atoms with Crippen molar-refractivity contribution in [1.82, 2.24) is 14.8 Å². The lowest BCUT2D eigenvalue weighted by Gasteiger charge is -2.35. The number of nitrogens with zero attached hydrogens (tertiary/aromatic N) is 4. The smallest absolute Gasteiger partial charge is 0.338 e. The van der Waals surface area contributed by atoms with E-state index in [1.165, 1.54) is 6.33 Å². The zero-order valence-electron chi connectivity index (χ0n) is 19.4. The van der Waals surface area contributed by atoms with E-state index in [2.05, 4.69) is 15.4 Å². The number of anilines is 2. The van der Waals surface area contributed by atoms with Gasteiger partial charge in [-0.15, -0.1) is 0 Å². The van der Waals surface area contributed by atoms with Gasteiger partial charge in [-0.1, -0.05) is 42.5 Å². The normalized spacial score (nSPS) is 15.0. The second-order valence-corrected chi connectivity index (χ2v) is 7.60. The molecular formula is C25H27N5O4. The minimum atomic E-state index is -0.518. The molecule has 1 atom stereocenters. The van der Waals surface area contributed by atoms with Crippen molar-refractivity contribution in [1.29, 1.82) is 0 Å². The summed E-state index contributed by atoms with van der Waals surface area (Å²) >= 11 is 0. The number of ether oxygens (including phenoxy) is 2. The fourth-order valence-electron chi connectivity index (χ4n) is 4.02. The zero-order valence-corrected chi connectivity index (χ0v) is 19.4. The molecular weight excluding hydrogens is 434 g/mol. The lowest BCUT2D eigenvalue weighted by molar-refractivity contribution is -0.139. The van der Waals surface area contributed by atoms with Crippen molar-refractivity contribution >= 4 is 23.5 Å². The number of rotatable bonds is 8. The van der Waals surface area contributed by atoms with Crippen molar-refractivity contribution < 1.29 is 19.1 Å². The molecule has 9 nitrogen and oxygen atoms in total. The summed E-state index contributed by atoms with van der Waals surface area (Å²) in [5.74, 6) is 0.306. The van der Waals surface area contributed by atoms with E-state index in [0.29, 0.717) is 35.3 Å². The highest BCUT2D eigenvalue weighted by atomic mass is 16.5. The maximum absolute atomic E-state index is 13.1. The number of aromatic nitrogens is 3. The first-order valence-electron chi connectivity index (χ1n) is 11.2. The number of fused-ring (bicyclic) bond motifs is 1. The molecule has 0 bridgehead atoms. The molecule has 1 amide bonds. The Kier molecular flexibility index (Phi) is 6.91. The number of nitrogens with one attached hydrogen (secondary N) is 1. The number of benzene rings is 2. The molecule has 1 aliphatic rings. The molecule has 34 heavy (non-hydrogen) atoms. The molecule has 0 aliphatic carbocycles. The highest BCUT2D eigenvalue weighted by Crippen LogP contribution is 2.38. The molecule has 1 N–H and O–H groups in total. The third-order valence-corrected chi connectivity index (χ3v) is 5.48. The summed E-state index contributed by atoms with van der Waals surface area (Å²) < 4.78 is 12.6.